The van der Waals surface area contributed by atoms with E-state index < -0.39 is 18.6 Å². The fourth-order valence-corrected chi connectivity index (χ4v) is 2.82. The van der Waals surface area contributed by atoms with Crippen LogP contribution in [0.25, 0.3) is 11.4 Å². The van der Waals surface area contributed by atoms with Gasteiger partial charge >= 0.3 is 6.18 Å². The number of aryl methyl sites for hydroxylation is 1. The molecule has 0 saturated heterocycles. The Bertz CT molecular complexity index is 758. The second kappa shape index (κ2) is 6.82. The van der Waals surface area contributed by atoms with E-state index in [1.165, 1.54) is 6.20 Å². The number of amides is 1. The van der Waals surface area contributed by atoms with Crippen LogP contribution < -0.4 is 0 Å². The third kappa shape index (κ3) is 3.97. The molecule has 3 rings (SSSR count). The minimum atomic E-state index is -4.43. The highest BCUT2D eigenvalue weighted by molar-refractivity contribution is 5.95. The summed E-state index contributed by atoms with van der Waals surface area (Å²) in [6, 6.07) is 8.86. The van der Waals surface area contributed by atoms with Gasteiger partial charge in [-0.25, -0.2) is 9.97 Å². The van der Waals surface area contributed by atoms with Crippen LogP contribution in [0.4, 0.5) is 13.2 Å². The average Bonchev–Trinajstić information content (AvgIpc) is 2.51. The van der Waals surface area contributed by atoms with Gasteiger partial charge in [-0.15, -0.1) is 0 Å². The first-order valence-electron chi connectivity index (χ1n) is 8.12. The predicted octanol–water partition coefficient (Wildman–Crippen LogP) is 4.01. The highest BCUT2D eigenvalue weighted by Crippen LogP contribution is 2.30. The highest BCUT2D eigenvalue weighted by Gasteiger charge is 2.39. The molecule has 0 radical (unpaired) electrons. The van der Waals surface area contributed by atoms with E-state index in [0.29, 0.717) is 24.4 Å². The van der Waals surface area contributed by atoms with Gasteiger partial charge in [-0.1, -0.05) is 30.3 Å². The summed E-state index contributed by atoms with van der Waals surface area (Å²) in [4.78, 5) is 22.1. The second-order valence-corrected chi connectivity index (χ2v) is 6.19. The molecule has 0 N–H and O–H groups in total. The van der Waals surface area contributed by atoms with Crippen LogP contribution in [0.5, 0.6) is 0 Å². The summed E-state index contributed by atoms with van der Waals surface area (Å²) < 4.78 is 38.6. The van der Waals surface area contributed by atoms with Gasteiger partial charge in [0, 0.05) is 17.8 Å². The lowest BCUT2D eigenvalue weighted by Crippen LogP contribution is -2.48. The Labute approximate surface area is 143 Å². The fraction of sp³-hybridized carbons (Fsp3) is 0.389. The lowest BCUT2D eigenvalue weighted by Gasteiger charge is -2.38. The van der Waals surface area contributed by atoms with Gasteiger partial charge in [0.25, 0.3) is 5.91 Å². The first kappa shape index (κ1) is 17.4. The van der Waals surface area contributed by atoms with Crippen LogP contribution in [-0.2, 0) is 0 Å². The molecular formula is C18H18F3N3O. The van der Waals surface area contributed by atoms with Gasteiger partial charge in [0.2, 0.25) is 0 Å². The van der Waals surface area contributed by atoms with E-state index >= 15 is 0 Å². The maximum atomic E-state index is 12.9. The van der Waals surface area contributed by atoms with E-state index in [1.54, 1.807) is 6.92 Å². The molecule has 0 spiro atoms. The summed E-state index contributed by atoms with van der Waals surface area (Å²) in [5.74, 6) is -0.209. The van der Waals surface area contributed by atoms with E-state index in [0.717, 1.165) is 16.9 Å². The number of alkyl halides is 3. The van der Waals surface area contributed by atoms with Crippen molar-refractivity contribution in [1.29, 1.82) is 0 Å². The number of rotatable bonds is 4. The Kier molecular flexibility index (Phi) is 4.74. The van der Waals surface area contributed by atoms with Gasteiger partial charge in [0.05, 0.1) is 11.3 Å². The molecule has 2 aromatic rings. The molecule has 25 heavy (non-hydrogen) atoms. The molecule has 1 saturated carbocycles. The lowest BCUT2D eigenvalue weighted by atomic mass is 9.91. The summed E-state index contributed by atoms with van der Waals surface area (Å²) in [5.41, 5.74) is 1.29. The molecule has 0 bridgehead atoms. The highest BCUT2D eigenvalue weighted by atomic mass is 19.4. The van der Waals surface area contributed by atoms with Crippen molar-refractivity contribution in [2.24, 2.45) is 0 Å². The van der Waals surface area contributed by atoms with Crippen LogP contribution in [0.1, 0.15) is 35.3 Å². The van der Waals surface area contributed by atoms with Crippen LogP contribution in [0.3, 0.4) is 0 Å². The van der Waals surface area contributed by atoms with Crippen molar-refractivity contribution in [2.75, 3.05) is 6.54 Å². The van der Waals surface area contributed by atoms with Gasteiger partial charge in [-0.3, -0.25) is 4.79 Å². The Morgan fingerprint density at radius 1 is 1.24 bits per heavy atom. The zero-order valence-corrected chi connectivity index (χ0v) is 13.8. The third-order valence-corrected chi connectivity index (χ3v) is 4.37. The summed E-state index contributed by atoms with van der Waals surface area (Å²) in [7, 11) is 0. The van der Waals surface area contributed by atoms with E-state index in [4.69, 9.17) is 0 Å². The maximum absolute atomic E-state index is 12.9. The number of hydrogen-bond acceptors (Lipinski definition) is 3. The average molecular weight is 349 g/mol. The standard InChI is InChI=1S/C18H18F3N3O/c1-12-15(10-22-16(23-12)13-6-3-2-4-7-13)17(25)24(11-18(19,20)21)14-8-5-9-14/h2-4,6-7,10,14H,5,8-9,11H2,1H3. The quantitative estimate of drug-likeness (QED) is 0.838. The molecular weight excluding hydrogens is 331 g/mol. The molecule has 1 aromatic carbocycles. The minimum absolute atomic E-state index is 0.121. The number of halogens is 3. The summed E-state index contributed by atoms with van der Waals surface area (Å²) in [6.45, 7) is 0.379. The molecule has 0 atom stereocenters. The number of carbonyl (C=O) groups is 1. The van der Waals surface area contributed by atoms with Crippen molar-refractivity contribution in [2.45, 2.75) is 38.4 Å². The van der Waals surface area contributed by atoms with Crippen molar-refractivity contribution < 1.29 is 18.0 Å². The van der Waals surface area contributed by atoms with Crippen LogP contribution in [0, 0.1) is 6.92 Å². The van der Waals surface area contributed by atoms with Crippen molar-refractivity contribution >= 4 is 5.91 Å². The van der Waals surface area contributed by atoms with E-state index in [-0.39, 0.29) is 11.6 Å². The zero-order chi connectivity index (χ0) is 18.0. The molecule has 1 aromatic heterocycles. The van der Waals surface area contributed by atoms with Crippen molar-refractivity contribution in [1.82, 2.24) is 14.9 Å². The Hall–Kier alpha value is -2.44. The maximum Gasteiger partial charge on any atom is 0.406 e. The smallest absolute Gasteiger partial charge is 0.326 e. The fourth-order valence-electron chi connectivity index (χ4n) is 2.82. The van der Waals surface area contributed by atoms with Gasteiger partial charge in [0.1, 0.15) is 6.54 Å². The van der Waals surface area contributed by atoms with Crippen LogP contribution in [-0.4, -0.2) is 39.5 Å². The Morgan fingerprint density at radius 3 is 2.44 bits per heavy atom. The summed E-state index contributed by atoms with van der Waals surface area (Å²) in [6.07, 6.45) is -1.05. The molecule has 1 fully saturated rings. The molecule has 1 aliphatic carbocycles. The molecule has 0 unspecified atom stereocenters. The van der Waals surface area contributed by atoms with Crippen molar-refractivity contribution in [3.8, 4) is 11.4 Å². The van der Waals surface area contributed by atoms with Gasteiger partial charge < -0.3 is 4.90 Å². The molecule has 4 nitrogen and oxygen atoms in total. The first-order chi connectivity index (χ1) is 11.8. The van der Waals surface area contributed by atoms with E-state index in [9.17, 15) is 18.0 Å². The molecule has 1 amide bonds. The van der Waals surface area contributed by atoms with Gasteiger partial charge in [-0.2, -0.15) is 13.2 Å². The van der Waals surface area contributed by atoms with Gasteiger partial charge in [0.15, 0.2) is 5.82 Å². The summed E-state index contributed by atoms with van der Waals surface area (Å²) in [5, 5.41) is 0. The van der Waals surface area contributed by atoms with Crippen molar-refractivity contribution in [3.05, 3.63) is 47.8 Å². The molecule has 1 aliphatic rings. The normalized spacial score (nSPS) is 14.9. The van der Waals surface area contributed by atoms with E-state index in [1.807, 2.05) is 30.3 Å². The number of nitrogens with zero attached hydrogens (tertiary/aromatic N) is 3. The second-order valence-electron chi connectivity index (χ2n) is 6.19. The SMILES string of the molecule is Cc1nc(-c2ccccc2)ncc1C(=O)N(CC(F)(F)F)C1CCC1. The number of carbonyl (C=O) groups excluding carboxylic acids is 1. The number of hydrogen-bond donors (Lipinski definition) is 0. The zero-order valence-electron chi connectivity index (χ0n) is 13.8. The Morgan fingerprint density at radius 2 is 1.92 bits per heavy atom. The van der Waals surface area contributed by atoms with Crippen LogP contribution in [0.2, 0.25) is 0 Å². The van der Waals surface area contributed by atoms with Gasteiger partial charge in [-0.05, 0) is 26.2 Å². The molecule has 1 heterocycles. The monoisotopic (exact) mass is 349 g/mol. The lowest BCUT2D eigenvalue weighted by molar-refractivity contribution is -0.147. The minimum Gasteiger partial charge on any atom is -0.326 e. The van der Waals surface area contributed by atoms with Crippen LogP contribution >= 0.6 is 0 Å². The molecule has 0 aliphatic heterocycles. The number of aromatic nitrogens is 2. The molecule has 7 heteroatoms. The number of benzene rings is 1. The van der Waals surface area contributed by atoms with Crippen LogP contribution in [0.15, 0.2) is 36.5 Å². The molecule has 132 valence electrons. The third-order valence-electron chi connectivity index (χ3n) is 4.37. The Balaban J connectivity index is 1.87. The topological polar surface area (TPSA) is 46.1 Å². The van der Waals surface area contributed by atoms with E-state index in [2.05, 4.69) is 9.97 Å². The predicted molar refractivity (Wildman–Crippen MR) is 86.9 cm³/mol. The first-order valence-corrected chi connectivity index (χ1v) is 8.12. The largest absolute Gasteiger partial charge is 0.406 e. The summed E-state index contributed by atoms with van der Waals surface area (Å²) >= 11 is 0. The van der Waals surface area contributed by atoms with Crippen molar-refractivity contribution in [3.63, 3.8) is 0 Å².